The van der Waals surface area contributed by atoms with E-state index in [1.807, 2.05) is 30.3 Å². The van der Waals surface area contributed by atoms with Crippen LogP contribution in [0.15, 0.2) is 30.3 Å². The highest BCUT2D eigenvalue weighted by atomic mass is 16.6. The number of aryl methyl sites for hydroxylation is 1. The molecular weight excluding hydrogens is 622 g/mol. The second-order valence-corrected chi connectivity index (χ2v) is 13.4. The topological polar surface area (TPSA) is 178 Å². The van der Waals surface area contributed by atoms with Crippen LogP contribution in [0.3, 0.4) is 0 Å². The molecule has 1 aromatic carbocycles. The van der Waals surface area contributed by atoms with Crippen LogP contribution in [0.25, 0.3) is 0 Å². The van der Waals surface area contributed by atoms with Gasteiger partial charge in [0.2, 0.25) is 29.3 Å². The molecular formula is C35H49N3O10. The molecule has 7 unspecified atom stereocenters. The third kappa shape index (κ3) is 9.06. The molecule has 13 nitrogen and oxygen atoms in total. The number of rotatable bonds is 4. The molecule has 1 aromatic rings. The minimum atomic E-state index is -2.41. The zero-order valence-electron chi connectivity index (χ0n) is 28.3. The Hall–Kier alpha value is -3.68. The molecule has 1 saturated carbocycles. The Bertz CT molecular complexity index is 1340. The number of hydrogen-bond donors (Lipinski definition) is 3. The molecule has 0 spiro atoms. The number of nitrogens with one attached hydrogen (secondary N) is 2. The van der Waals surface area contributed by atoms with Crippen molar-refractivity contribution in [1.82, 2.24) is 15.5 Å². The van der Waals surface area contributed by atoms with E-state index in [2.05, 4.69) is 10.6 Å². The fraction of sp³-hybridized carbons (Fsp3) is 0.657. The van der Waals surface area contributed by atoms with Crippen LogP contribution in [0.5, 0.6) is 0 Å². The number of methoxy groups -OCH3 is 1. The maximum absolute atomic E-state index is 13.8. The summed E-state index contributed by atoms with van der Waals surface area (Å²) in [6.07, 6.45) is 1.34. The van der Waals surface area contributed by atoms with Gasteiger partial charge in [-0.25, -0.2) is 0 Å². The highest BCUT2D eigenvalue weighted by Crippen LogP contribution is 2.38. The summed E-state index contributed by atoms with van der Waals surface area (Å²) in [6.45, 7) is 2.45. The van der Waals surface area contributed by atoms with Crippen molar-refractivity contribution in [2.24, 2.45) is 17.8 Å². The van der Waals surface area contributed by atoms with E-state index in [9.17, 15) is 33.9 Å². The van der Waals surface area contributed by atoms with Crippen molar-refractivity contribution in [2.75, 3.05) is 27.2 Å². The number of ether oxygens (including phenoxy) is 3. The minimum Gasteiger partial charge on any atom is -0.459 e. The number of likely N-dealkylation sites (N-methyl/N-ethyl adjacent to an activating group) is 1. The maximum atomic E-state index is 13.8. The van der Waals surface area contributed by atoms with Crippen molar-refractivity contribution in [3.8, 4) is 0 Å². The van der Waals surface area contributed by atoms with Gasteiger partial charge in [0.1, 0.15) is 18.7 Å². The fourth-order valence-electron chi connectivity index (χ4n) is 6.87. The van der Waals surface area contributed by atoms with Crippen LogP contribution in [-0.4, -0.2) is 103 Å². The molecule has 0 aromatic heterocycles. The molecule has 3 aliphatic rings. The fourth-order valence-corrected chi connectivity index (χ4v) is 6.87. The summed E-state index contributed by atoms with van der Waals surface area (Å²) < 4.78 is 17.1. The molecule has 264 valence electrons. The first-order valence-corrected chi connectivity index (χ1v) is 16.9. The van der Waals surface area contributed by atoms with E-state index in [1.54, 1.807) is 13.8 Å². The van der Waals surface area contributed by atoms with Gasteiger partial charge in [0, 0.05) is 38.3 Å². The van der Waals surface area contributed by atoms with Gasteiger partial charge in [-0.1, -0.05) is 50.1 Å². The molecule has 3 N–H and O–H groups in total. The number of carbonyl (C=O) groups excluding carboxylic acids is 6. The molecule has 2 saturated heterocycles. The quantitative estimate of drug-likeness (QED) is 0.314. The molecule has 2 bridgehead atoms. The lowest BCUT2D eigenvalue weighted by atomic mass is 9.73. The highest BCUT2D eigenvalue weighted by Gasteiger charge is 2.53. The van der Waals surface area contributed by atoms with E-state index in [0.717, 1.165) is 10.5 Å². The summed E-state index contributed by atoms with van der Waals surface area (Å²) in [4.78, 5) is 81.6. The Morgan fingerprint density at radius 1 is 0.958 bits per heavy atom. The first-order chi connectivity index (χ1) is 22.8. The highest BCUT2D eigenvalue weighted by molar-refractivity contribution is 6.41. The Labute approximate surface area is 281 Å². The lowest BCUT2D eigenvalue weighted by molar-refractivity contribution is -0.267. The monoisotopic (exact) mass is 671 g/mol. The van der Waals surface area contributed by atoms with Crippen molar-refractivity contribution in [1.29, 1.82) is 0 Å². The van der Waals surface area contributed by atoms with Crippen molar-refractivity contribution in [2.45, 2.75) is 102 Å². The summed E-state index contributed by atoms with van der Waals surface area (Å²) in [7, 11) is 2.84. The number of Topliss-reactive ketones (excluding diaryl/α,β-unsaturated/α-hetero) is 2. The van der Waals surface area contributed by atoms with Gasteiger partial charge in [0.05, 0.1) is 18.8 Å². The Kier molecular flexibility index (Phi) is 12.9. The first-order valence-electron chi connectivity index (χ1n) is 16.9. The van der Waals surface area contributed by atoms with E-state index in [1.165, 1.54) is 14.2 Å². The number of ketones is 2. The largest absolute Gasteiger partial charge is 0.459 e. The summed E-state index contributed by atoms with van der Waals surface area (Å²) >= 11 is 0. The lowest BCUT2D eigenvalue weighted by Gasteiger charge is -2.42. The van der Waals surface area contributed by atoms with Gasteiger partial charge in [-0.05, 0) is 51.0 Å². The second kappa shape index (κ2) is 16.6. The van der Waals surface area contributed by atoms with Crippen LogP contribution >= 0.6 is 0 Å². The average molecular weight is 672 g/mol. The zero-order valence-corrected chi connectivity index (χ0v) is 28.3. The van der Waals surface area contributed by atoms with Crippen LogP contribution in [0.1, 0.15) is 70.8 Å². The van der Waals surface area contributed by atoms with Gasteiger partial charge >= 0.3 is 5.97 Å². The number of cyclic esters (lactones) is 1. The molecule has 8 atom stereocenters. The predicted molar refractivity (Wildman–Crippen MR) is 172 cm³/mol. The first kappa shape index (κ1) is 37.1. The van der Waals surface area contributed by atoms with Gasteiger partial charge < -0.3 is 34.9 Å². The van der Waals surface area contributed by atoms with Crippen LogP contribution < -0.4 is 10.6 Å². The molecule has 3 fully saturated rings. The van der Waals surface area contributed by atoms with E-state index in [4.69, 9.17) is 14.2 Å². The maximum Gasteiger partial charge on any atom is 0.325 e. The molecule has 3 amide bonds. The van der Waals surface area contributed by atoms with E-state index in [-0.39, 0.29) is 25.8 Å². The smallest absolute Gasteiger partial charge is 0.325 e. The summed E-state index contributed by atoms with van der Waals surface area (Å²) in [6, 6.07) is 8.33. The second-order valence-electron chi connectivity index (χ2n) is 13.4. The zero-order chi connectivity index (χ0) is 35.0. The molecule has 4 rings (SSSR count). The van der Waals surface area contributed by atoms with Gasteiger partial charge in [0.15, 0.2) is 0 Å². The van der Waals surface area contributed by atoms with E-state index >= 15 is 0 Å². The normalized spacial score (nSPS) is 33.5. The number of nitrogens with zero attached hydrogens (tertiary/aromatic N) is 1. The minimum absolute atomic E-state index is 0.154. The molecule has 2 aliphatic heterocycles. The lowest BCUT2D eigenvalue weighted by Crippen LogP contribution is -2.58. The predicted octanol–water partition coefficient (Wildman–Crippen LogP) is 1.48. The van der Waals surface area contributed by atoms with Crippen molar-refractivity contribution < 1.29 is 48.1 Å². The van der Waals surface area contributed by atoms with Gasteiger partial charge in [-0.3, -0.25) is 28.8 Å². The number of benzene rings is 1. The van der Waals surface area contributed by atoms with Gasteiger partial charge in [0.25, 0.3) is 5.78 Å². The standard InChI is InChI=1S/C35H49N3O10/c1-21-14-16-24-18-28(46-4)22(2)47-30(40)20-38(3)29(39)19-36-34(44)27(17-15-23-10-6-5-7-11-23)37-33(43)26-13-9-8-12-25(26)31(41)32(42)35(21,45)48-24/h5-7,10-11,21-22,24-28,45H,8-9,12-20H2,1-4H3,(H,36,44)(H,37,43)/t21?,22?,24?,25?,26?,27-,28?,35?/m1/s1. The molecule has 0 radical (unpaired) electrons. The molecule has 2 heterocycles. The van der Waals surface area contributed by atoms with E-state index < -0.39 is 89.7 Å². The molecule has 48 heavy (non-hydrogen) atoms. The van der Waals surface area contributed by atoms with Crippen molar-refractivity contribution in [3.05, 3.63) is 35.9 Å². The number of aliphatic hydroxyl groups is 1. The van der Waals surface area contributed by atoms with Gasteiger partial charge in [-0.2, -0.15) is 0 Å². The molecule has 1 aliphatic carbocycles. The van der Waals surface area contributed by atoms with E-state index in [0.29, 0.717) is 38.5 Å². The van der Waals surface area contributed by atoms with Crippen LogP contribution in [-0.2, 0) is 49.4 Å². The third-order valence-electron chi connectivity index (χ3n) is 9.97. The Balaban J connectivity index is 1.64. The Morgan fingerprint density at radius 2 is 1.65 bits per heavy atom. The Morgan fingerprint density at radius 3 is 2.33 bits per heavy atom. The number of hydrogen-bond acceptors (Lipinski definition) is 10. The number of carbonyl (C=O) groups is 6. The van der Waals surface area contributed by atoms with Crippen LogP contribution in [0.4, 0.5) is 0 Å². The summed E-state index contributed by atoms with van der Waals surface area (Å²) in [5.74, 6) is -9.38. The van der Waals surface area contributed by atoms with Crippen molar-refractivity contribution >= 4 is 35.3 Å². The van der Waals surface area contributed by atoms with Crippen LogP contribution in [0, 0.1) is 17.8 Å². The van der Waals surface area contributed by atoms with Crippen LogP contribution in [0.2, 0.25) is 0 Å². The third-order valence-corrected chi connectivity index (χ3v) is 9.97. The SMILES string of the molecule is COC1CC2CCC(C)C(O)(O2)C(=O)C(=O)C2CCCCC2C(=O)N[C@H](CCc2ccccc2)C(=O)NCC(=O)N(C)CC(=O)OC1C. The molecule has 13 heteroatoms. The van der Waals surface area contributed by atoms with Gasteiger partial charge in [-0.15, -0.1) is 0 Å². The van der Waals surface area contributed by atoms with Crippen molar-refractivity contribution in [3.63, 3.8) is 0 Å². The number of esters is 1. The number of fused-ring (bicyclic) bond motifs is 3. The number of amides is 3. The summed E-state index contributed by atoms with van der Waals surface area (Å²) in [5, 5.41) is 17.0. The average Bonchev–Trinajstić information content (AvgIpc) is 3.08. The summed E-state index contributed by atoms with van der Waals surface area (Å²) in [5.41, 5.74) is 0.936.